The van der Waals surface area contributed by atoms with E-state index in [2.05, 4.69) is 45.2 Å². The first-order valence-corrected chi connectivity index (χ1v) is 7.87. The molecule has 0 aliphatic carbocycles. The van der Waals surface area contributed by atoms with E-state index < -0.39 is 0 Å². The summed E-state index contributed by atoms with van der Waals surface area (Å²) >= 11 is 5.41. The molecule has 0 atom stereocenters. The van der Waals surface area contributed by atoms with Crippen LogP contribution in [0.2, 0.25) is 0 Å². The van der Waals surface area contributed by atoms with E-state index in [1.807, 2.05) is 0 Å². The SMILES string of the molecule is Cc1cc(Br)c2nc(N3CCCNCC3)sc2c1. The van der Waals surface area contributed by atoms with Crippen molar-refractivity contribution in [2.24, 2.45) is 0 Å². The number of thiazole rings is 1. The fraction of sp³-hybridized carbons (Fsp3) is 0.462. The molecule has 3 rings (SSSR count). The summed E-state index contributed by atoms with van der Waals surface area (Å²) in [6.07, 6.45) is 1.19. The van der Waals surface area contributed by atoms with Gasteiger partial charge in [-0.2, -0.15) is 0 Å². The molecule has 1 aromatic heterocycles. The summed E-state index contributed by atoms with van der Waals surface area (Å²) in [5.74, 6) is 0. The van der Waals surface area contributed by atoms with E-state index in [4.69, 9.17) is 4.98 Å². The molecule has 1 aliphatic heterocycles. The van der Waals surface area contributed by atoms with Crippen LogP contribution < -0.4 is 10.2 Å². The molecular formula is C13H16BrN3S. The van der Waals surface area contributed by atoms with Gasteiger partial charge in [-0.1, -0.05) is 11.3 Å². The number of aryl methyl sites for hydroxylation is 1. The Hall–Kier alpha value is -0.650. The highest BCUT2D eigenvalue weighted by Crippen LogP contribution is 2.34. The van der Waals surface area contributed by atoms with Crippen molar-refractivity contribution in [1.82, 2.24) is 10.3 Å². The Kier molecular flexibility index (Phi) is 3.54. The van der Waals surface area contributed by atoms with Crippen LogP contribution in [0.1, 0.15) is 12.0 Å². The number of hydrogen-bond donors (Lipinski definition) is 1. The van der Waals surface area contributed by atoms with Gasteiger partial charge in [-0.05, 0) is 53.5 Å². The zero-order chi connectivity index (χ0) is 12.5. The summed E-state index contributed by atoms with van der Waals surface area (Å²) in [6.45, 7) is 6.44. The Morgan fingerprint density at radius 1 is 1.33 bits per heavy atom. The molecule has 0 saturated carbocycles. The van der Waals surface area contributed by atoms with Gasteiger partial charge in [-0.15, -0.1) is 0 Å². The molecule has 3 nitrogen and oxygen atoms in total. The lowest BCUT2D eigenvalue weighted by Crippen LogP contribution is -2.27. The molecule has 0 unspecified atom stereocenters. The van der Waals surface area contributed by atoms with Gasteiger partial charge >= 0.3 is 0 Å². The van der Waals surface area contributed by atoms with Gasteiger partial charge in [0.05, 0.1) is 10.2 Å². The summed E-state index contributed by atoms with van der Waals surface area (Å²) in [7, 11) is 0. The van der Waals surface area contributed by atoms with E-state index >= 15 is 0 Å². The van der Waals surface area contributed by atoms with E-state index in [9.17, 15) is 0 Å². The van der Waals surface area contributed by atoms with Crippen molar-refractivity contribution in [3.05, 3.63) is 22.2 Å². The van der Waals surface area contributed by atoms with Crippen LogP contribution in [-0.2, 0) is 0 Å². The lowest BCUT2D eigenvalue weighted by atomic mass is 10.2. The van der Waals surface area contributed by atoms with E-state index in [-0.39, 0.29) is 0 Å². The fourth-order valence-electron chi connectivity index (χ4n) is 2.28. The van der Waals surface area contributed by atoms with Crippen LogP contribution in [0.15, 0.2) is 16.6 Å². The molecule has 96 valence electrons. The van der Waals surface area contributed by atoms with Crippen molar-refractivity contribution in [2.75, 3.05) is 31.1 Å². The third-order valence-electron chi connectivity index (χ3n) is 3.19. The highest BCUT2D eigenvalue weighted by molar-refractivity contribution is 9.10. The normalized spacial score (nSPS) is 17.1. The molecule has 0 amide bonds. The van der Waals surface area contributed by atoms with Crippen LogP contribution in [0, 0.1) is 6.92 Å². The van der Waals surface area contributed by atoms with Crippen molar-refractivity contribution in [3.63, 3.8) is 0 Å². The van der Waals surface area contributed by atoms with E-state index in [1.54, 1.807) is 11.3 Å². The number of fused-ring (bicyclic) bond motifs is 1. The third-order valence-corrected chi connectivity index (χ3v) is 4.86. The maximum atomic E-state index is 4.79. The van der Waals surface area contributed by atoms with Crippen LogP contribution in [0.5, 0.6) is 0 Å². The van der Waals surface area contributed by atoms with Crippen molar-refractivity contribution in [2.45, 2.75) is 13.3 Å². The predicted molar refractivity (Wildman–Crippen MR) is 81.8 cm³/mol. The van der Waals surface area contributed by atoms with E-state index in [0.717, 1.165) is 41.3 Å². The zero-order valence-corrected chi connectivity index (χ0v) is 12.8. The van der Waals surface area contributed by atoms with Gasteiger partial charge < -0.3 is 10.2 Å². The van der Waals surface area contributed by atoms with Gasteiger partial charge in [0.1, 0.15) is 0 Å². The molecule has 1 N–H and O–H groups in total. The minimum absolute atomic E-state index is 1.05. The summed E-state index contributed by atoms with van der Waals surface area (Å²) < 4.78 is 2.38. The molecule has 0 bridgehead atoms. The van der Waals surface area contributed by atoms with Crippen molar-refractivity contribution < 1.29 is 0 Å². The first-order chi connectivity index (χ1) is 8.74. The second kappa shape index (κ2) is 5.15. The Labute approximate surface area is 119 Å². The molecule has 0 radical (unpaired) electrons. The number of benzene rings is 1. The molecule has 0 spiro atoms. The topological polar surface area (TPSA) is 28.2 Å². The Bertz CT molecular complexity index is 559. The number of nitrogens with one attached hydrogen (secondary N) is 1. The van der Waals surface area contributed by atoms with Crippen molar-refractivity contribution in [3.8, 4) is 0 Å². The van der Waals surface area contributed by atoms with Crippen LogP contribution in [0.25, 0.3) is 10.2 Å². The third kappa shape index (κ3) is 2.39. The summed E-state index contributed by atoms with van der Waals surface area (Å²) in [5, 5.41) is 4.58. The number of hydrogen-bond acceptors (Lipinski definition) is 4. The van der Waals surface area contributed by atoms with E-state index in [1.165, 1.54) is 16.7 Å². The maximum Gasteiger partial charge on any atom is 0.186 e. The number of anilines is 1. The standard InChI is InChI=1S/C13H16BrN3S/c1-9-7-10(14)12-11(8-9)18-13(16-12)17-5-2-3-15-4-6-17/h7-8,15H,2-6H2,1H3. The summed E-state index contributed by atoms with van der Waals surface area (Å²) in [5.41, 5.74) is 2.37. The van der Waals surface area contributed by atoms with Gasteiger partial charge in [0.15, 0.2) is 5.13 Å². The summed E-state index contributed by atoms with van der Waals surface area (Å²) in [4.78, 5) is 7.18. The van der Waals surface area contributed by atoms with Crippen LogP contribution in [0.3, 0.4) is 0 Å². The highest BCUT2D eigenvalue weighted by Gasteiger charge is 2.15. The van der Waals surface area contributed by atoms with Gasteiger partial charge in [-0.25, -0.2) is 4.98 Å². The average molecular weight is 326 g/mol. The lowest BCUT2D eigenvalue weighted by molar-refractivity contribution is 0.724. The minimum Gasteiger partial charge on any atom is -0.347 e. The van der Waals surface area contributed by atoms with Crippen molar-refractivity contribution >= 4 is 42.6 Å². The van der Waals surface area contributed by atoms with E-state index in [0.29, 0.717) is 0 Å². The van der Waals surface area contributed by atoms with Crippen LogP contribution in [0.4, 0.5) is 5.13 Å². The molecule has 1 aliphatic rings. The first-order valence-electron chi connectivity index (χ1n) is 6.26. The van der Waals surface area contributed by atoms with Gasteiger partial charge in [0.25, 0.3) is 0 Å². The summed E-state index contributed by atoms with van der Waals surface area (Å²) in [6, 6.07) is 4.35. The largest absolute Gasteiger partial charge is 0.347 e. The van der Waals surface area contributed by atoms with Crippen LogP contribution >= 0.6 is 27.3 Å². The molecule has 2 heterocycles. The fourth-order valence-corrected chi connectivity index (χ4v) is 4.22. The highest BCUT2D eigenvalue weighted by atomic mass is 79.9. The first kappa shape index (κ1) is 12.4. The van der Waals surface area contributed by atoms with Crippen LogP contribution in [-0.4, -0.2) is 31.2 Å². The minimum atomic E-state index is 1.05. The Balaban J connectivity index is 1.99. The average Bonchev–Trinajstić information content (AvgIpc) is 2.59. The monoisotopic (exact) mass is 325 g/mol. The molecular weight excluding hydrogens is 310 g/mol. The molecule has 2 aromatic rings. The van der Waals surface area contributed by atoms with Gasteiger partial charge in [0.2, 0.25) is 0 Å². The Morgan fingerprint density at radius 2 is 2.22 bits per heavy atom. The molecule has 5 heteroatoms. The molecule has 1 saturated heterocycles. The van der Waals surface area contributed by atoms with Crippen molar-refractivity contribution in [1.29, 1.82) is 0 Å². The molecule has 1 aromatic carbocycles. The van der Waals surface area contributed by atoms with Gasteiger partial charge in [-0.3, -0.25) is 0 Å². The molecule has 1 fully saturated rings. The Morgan fingerprint density at radius 3 is 3.11 bits per heavy atom. The quantitative estimate of drug-likeness (QED) is 0.872. The predicted octanol–water partition coefficient (Wildman–Crippen LogP) is 3.17. The smallest absolute Gasteiger partial charge is 0.186 e. The number of nitrogens with zero attached hydrogens (tertiary/aromatic N) is 2. The zero-order valence-electron chi connectivity index (χ0n) is 10.4. The maximum absolute atomic E-state index is 4.79. The lowest BCUT2D eigenvalue weighted by Gasteiger charge is -2.17. The van der Waals surface area contributed by atoms with Gasteiger partial charge in [0, 0.05) is 24.1 Å². The number of aromatic nitrogens is 1. The second-order valence-corrected chi connectivity index (χ2v) is 6.54. The second-order valence-electron chi connectivity index (χ2n) is 4.68. The molecule has 18 heavy (non-hydrogen) atoms. The number of halogens is 1. The number of rotatable bonds is 1.